The van der Waals surface area contributed by atoms with Crippen LogP contribution >= 0.6 is 0 Å². The van der Waals surface area contributed by atoms with E-state index < -0.39 is 6.10 Å². The predicted molar refractivity (Wildman–Crippen MR) is 87.5 cm³/mol. The number of fused-ring (bicyclic) bond motifs is 1. The minimum Gasteiger partial charge on any atom is -0.479 e. The van der Waals surface area contributed by atoms with Gasteiger partial charge in [-0.15, -0.1) is 0 Å². The summed E-state index contributed by atoms with van der Waals surface area (Å²) in [6.45, 7) is 3.60. The first kappa shape index (κ1) is 15.1. The Morgan fingerprint density at radius 1 is 1.22 bits per heavy atom. The van der Waals surface area contributed by atoms with E-state index in [4.69, 9.17) is 4.74 Å². The molecule has 0 bridgehead atoms. The Balaban J connectivity index is 1.76. The van der Waals surface area contributed by atoms with Gasteiger partial charge in [0.15, 0.2) is 6.10 Å². The monoisotopic (exact) mass is 310 g/mol. The molecule has 0 aliphatic carbocycles. The van der Waals surface area contributed by atoms with E-state index in [1.165, 1.54) is 0 Å². The Bertz CT molecular complexity index is 743. The van der Waals surface area contributed by atoms with E-state index >= 15 is 0 Å². The van der Waals surface area contributed by atoms with Gasteiger partial charge in [0.1, 0.15) is 5.75 Å². The van der Waals surface area contributed by atoms with Crippen LogP contribution in [0, 0.1) is 0 Å². The van der Waals surface area contributed by atoms with Gasteiger partial charge in [0.25, 0.3) is 11.8 Å². The van der Waals surface area contributed by atoms with Gasteiger partial charge in [-0.3, -0.25) is 9.59 Å². The molecule has 118 valence electrons. The molecule has 2 aromatic carbocycles. The van der Waals surface area contributed by atoms with Gasteiger partial charge in [0, 0.05) is 5.56 Å². The topological polar surface area (TPSA) is 67.4 Å². The molecule has 5 nitrogen and oxygen atoms in total. The van der Waals surface area contributed by atoms with Crippen LogP contribution in [0.3, 0.4) is 0 Å². The van der Waals surface area contributed by atoms with E-state index in [1.807, 2.05) is 37.3 Å². The van der Waals surface area contributed by atoms with E-state index in [0.717, 1.165) is 5.56 Å². The molecule has 2 amide bonds. The minimum atomic E-state index is -0.566. The third kappa shape index (κ3) is 3.18. The molecule has 1 heterocycles. The van der Waals surface area contributed by atoms with Crippen LogP contribution in [0.1, 0.15) is 35.8 Å². The highest BCUT2D eigenvalue weighted by Gasteiger charge is 2.24. The summed E-state index contributed by atoms with van der Waals surface area (Å²) < 4.78 is 5.53. The fourth-order valence-corrected chi connectivity index (χ4v) is 2.45. The van der Waals surface area contributed by atoms with E-state index in [-0.39, 0.29) is 17.9 Å². The summed E-state index contributed by atoms with van der Waals surface area (Å²) in [6, 6.07) is 14.7. The highest BCUT2D eigenvalue weighted by atomic mass is 16.5. The minimum absolute atomic E-state index is 0.0979. The number of benzene rings is 2. The van der Waals surface area contributed by atoms with Gasteiger partial charge in [-0.2, -0.15) is 0 Å². The third-order valence-corrected chi connectivity index (χ3v) is 3.82. The normalized spacial score (nSPS) is 17.5. The van der Waals surface area contributed by atoms with Crippen LogP contribution in [0.25, 0.3) is 0 Å². The maximum absolute atomic E-state index is 12.4. The molecule has 5 heteroatoms. The maximum atomic E-state index is 12.4. The second-order valence-corrected chi connectivity index (χ2v) is 5.57. The summed E-state index contributed by atoms with van der Waals surface area (Å²) >= 11 is 0. The number of carbonyl (C=O) groups excluding carboxylic acids is 2. The number of anilines is 1. The van der Waals surface area contributed by atoms with Gasteiger partial charge in [0.05, 0.1) is 11.7 Å². The van der Waals surface area contributed by atoms with Crippen LogP contribution in [-0.2, 0) is 4.79 Å². The second kappa shape index (κ2) is 6.12. The van der Waals surface area contributed by atoms with Gasteiger partial charge in [0.2, 0.25) is 0 Å². The lowest BCUT2D eigenvalue weighted by Gasteiger charge is -2.23. The molecule has 0 saturated heterocycles. The van der Waals surface area contributed by atoms with Crippen molar-refractivity contribution in [3.63, 3.8) is 0 Å². The molecular weight excluding hydrogens is 292 g/mol. The molecule has 1 aliphatic heterocycles. The number of hydrogen-bond acceptors (Lipinski definition) is 3. The first-order valence-electron chi connectivity index (χ1n) is 7.52. The lowest BCUT2D eigenvalue weighted by molar-refractivity contribution is -0.122. The van der Waals surface area contributed by atoms with Gasteiger partial charge in [-0.05, 0) is 37.6 Å². The average molecular weight is 310 g/mol. The quantitative estimate of drug-likeness (QED) is 0.916. The first-order chi connectivity index (χ1) is 11.0. The van der Waals surface area contributed by atoms with Crippen LogP contribution in [0.4, 0.5) is 5.69 Å². The fraction of sp³-hybridized carbons (Fsp3) is 0.222. The highest BCUT2D eigenvalue weighted by Crippen LogP contribution is 2.30. The molecule has 2 N–H and O–H groups in total. The lowest BCUT2D eigenvalue weighted by atomic mass is 10.1. The largest absolute Gasteiger partial charge is 0.479 e. The number of rotatable bonds is 3. The Hall–Kier alpha value is -2.82. The zero-order valence-corrected chi connectivity index (χ0v) is 13.0. The maximum Gasteiger partial charge on any atom is 0.265 e. The molecule has 2 atom stereocenters. The Kier molecular flexibility index (Phi) is 4.02. The van der Waals surface area contributed by atoms with Gasteiger partial charge in [-0.25, -0.2) is 0 Å². The molecule has 0 spiro atoms. The molecular formula is C18H18N2O3. The van der Waals surface area contributed by atoms with Crippen LogP contribution in [0.15, 0.2) is 48.5 Å². The van der Waals surface area contributed by atoms with Gasteiger partial charge >= 0.3 is 0 Å². The van der Waals surface area contributed by atoms with Crippen molar-refractivity contribution in [3.8, 4) is 5.75 Å². The summed E-state index contributed by atoms with van der Waals surface area (Å²) in [4.78, 5) is 24.0. The summed E-state index contributed by atoms with van der Waals surface area (Å²) in [6.07, 6.45) is -0.566. The summed E-state index contributed by atoms with van der Waals surface area (Å²) in [5.41, 5.74) is 2.12. The van der Waals surface area contributed by atoms with Gasteiger partial charge < -0.3 is 15.4 Å². The van der Waals surface area contributed by atoms with Crippen molar-refractivity contribution < 1.29 is 14.3 Å². The Morgan fingerprint density at radius 2 is 1.96 bits per heavy atom. The molecule has 1 aliphatic rings. The van der Waals surface area contributed by atoms with Crippen LogP contribution in [-0.4, -0.2) is 17.9 Å². The smallest absolute Gasteiger partial charge is 0.265 e. The molecule has 0 aromatic heterocycles. The SMILES string of the molecule is CC1Oc2cc(C(=O)NC(C)c3ccccc3)ccc2NC1=O. The molecule has 0 fully saturated rings. The van der Waals surface area contributed by atoms with E-state index in [2.05, 4.69) is 10.6 Å². The van der Waals surface area contributed by atoms with Crippen molar-refractivity contribution >= 4 is 17.5 Å². The number of hydrogen-bond donors (Lipinski definition) is 2. The van der Waals surface area contributed by atoms with E-state index in [1.54, 1.807) is 25.1 Å². The Labute approximate surface area is 134 Å². The zero-order chi connectivity index (χ0) is 16.4. The lowest BCUT2D eigenvalue weighted by Crippen LogP contribution is -2.34. The molecule has 2 aromatic rings. The molecule has 3 rings (SSSR count). The van der Waals surface area contributed by atoms with Crippen molar-refractivity contribution in [1.82, 2.24) is 5.32 Å². The summed E-state index contributed by atoms with van der Waals surface area (Å²) in [5.74, 6) is 0.141. The summed E-state index contributed by atoms with van der Waals surface area (Å²) in [7, 11) is 0. The number of amides is 2. The van der Waals surface area contributed by atoms with Crippen molar-refractivity contribution in [2.75, 3.05) is 5.32 Å². The van der Waals surface area contributed by atoms with Crippen molar-refractivity contribution in [1.29, 1.82) is 0 Å². The van der Waals surface area contributed by atoms with Crippen molar-refractivity contribution in [2.45, 2.75) is 26.0 Å². The third-order valence-electron chi connectivity index (χ3n) is 3.82. The Morgan fingerprint density at radius 3 is 2.70 bits per heavy atom. The van der Waals surface area contributed by atoms with Crippen LogP contribution in [0.2, 0.25) is 0 Å². The average Bonchev–Trinajstić information content (AvgIpc) is 2.56. The van der Waals surface area contributed by atoms with Crippen LogP contribution in [0.5, 0.6) is 5.75 Å². The van der Waals surface area contributed by atoms with E-state index in [0.29, 0.717) is 17.0 Å². The highest BCUT2D eigenvalue weighted by molar-refractivity contribution is 6.00. The van der Waals surface area contributed by atoms with Crippen molar-refractivity contribution in [3.05, 3.63) is 59.7 Å². The zero-order valence-electron chi connectivity index (χ0n) is 13.0. The molecule has 2 unspecified atom stereocenters. The second-order valence-electron chi connectivity index (χ2n) is 5.57. The van der Waals surface area contributed by atoms with E-state index in [9.17, 15) is 9.59 Å². The van der Waals surface area contributed by atoms with Crippen LogP contribution < -0.4 is 15.4 Å². The fourth-order valence-electron chi connectivity index (χ4n) is 2.45. The molecule has 23 heavy (non-hydrogen) atoms. The number of nitrogens with one attached hydrogen (secondary N) is 2. The first-order valence-corrected chi connectivity index (χ1v) is 7.52. The van der Waals surface area contributed by atoms with Gasteiger partial charge in [-0.1, -0.05) is 30.3 Å². The predicted octanol–water partition coefficient (Wildman–Crippen LogP) is 2.90. The number of ether oxygens (including phenoxy) is 1. The summed E-state index contributed by atoms with van der Waals surface area (Å²) in [5, 5.41) is 5.70. The molecule has 0 saturated carbocycles. The molecule has 0 radical (unpaired) electrons. The standard InChI is InChI=1S/C18H18N2O3/c1-11(13-6-4-3-5-7-13)19-18(22)14-8-9-15-16(10-14)23-12(2)17(21)20-15/h3-12H,1-2H3,(H,19,22)(H,20,21). The van der Waals surface area contributed by atoms with Crippen molar-refractivity contribution in [2.24, 2.45) is 0 Å². The number of carbonyl (C=O) groups is 2.